The molecule has 0 atom stereocenters. The average Bonchev–Trinajstić information content (AvgIpc) is 2.33. The van der Waals surface area contributed by atoms with Crippen molar-refractivity contribution in [2.45, 2.75) is 13.5 Å². The van der Waals surface area contributed by atoms with E-state index in [0.29, 0.717) is 6.54 Å². The maximum atomic E-state index is 5.52. The van der Waals surface area contributed by atoms with Gasteiger partial charge in [-0.05, 0) is 30.2 Å². The van der Waals surface area contributed by atoms with E-state index in [9.17, 15) is 0 Å². The van der Waals surface area contributed by atoms with Crippen molar-refractivity contribution in [2.24, 2.45) is 5.73 Å². The predicted octanol–water partition coefficient (Wildman–Crippen LogP) is 2.59. The first-order chi connectivity index (χ1) is 7.79. The summed E-state index contributed by atoms with van der Waals surface area (Å²) in [5, 5.41) is 3.27. The molecule has 82 valence electrons. The largest absolute Gasteiger partial charge is 0.340 e. The van der Waals surface area contributed by atoms with Crippen molar-refractivity contribution in [3.63, 3.8) is 0 Å². The van der Waals surface area contributed by atoms with E-state index < -0.39 is 0 Å². The molecule has 0 bridgehead atoms. The lowest BCUT2D eigenvalue weighted by atomic mass is 10.2. The van der Waals surface area contributed by atoms with Gasteiger partial charge in [-0.25, -0.2) is 4.98 Å². The maximum Gasteiger partial charge on any atom is 0.130 e. The van der Waals surface area contributed by atoms with Crippen molar-refractivity contribution in [1.29, 1.82) is 0 Å². The van der Waals surface area contributed by atoms with Gasteiger partial charge in [0.1, 0.15) is 5.82 Å². The number of pyridine rings is 1. The number of hydrogen-bond acceptors (Lipinski definition) is 3. The molecular weight excluding hydrogens is 198 g/mol. The Bertz CT molecular complexity index is 463. The quantitative estimate of drug-likeness (QED) is 0.824. The van der Waals surface area contributed by atoms with Crippen LogP contribution in [0.5, 0.6) is 0 Å². The molecule has 0 aliphatic rings. The Morgan fingerprint density at radius 1 is 1.19 bits per heavy atom. The fraction of sp³-hybridized carbons (Fsp3) is 0.154. The van der Waals surface area contributed by atoms with E-state index >= 15 is 0 Å². The first-order valence-corrected chi connectivity index (χ1v) is 5.27. The van der Waals surface area contributed by atoms with Gasteiger partial charge in [0.25, 0.3) is 0 Å². The molecule has 2 aromatic rings. The van der Waals surface area contributed by atoms with Crippen molar-refractivity contribution in [1.82, 2.24) is 4.98 Å². The topological polar surface area (TPSA) is 50.9 Å². The van der Waals surface area contributed by atoms with Crippen molar-refractivity contribution < 1.29 is 0 Å². The minimum Gasteiger partial charge on any atom is -0.340 e. The minimum absolute atomic E-state index is 0.525. The van der Waals surface area contributed by atoms with Crippen LogP contribution in [0.15, 0.2) is 42.6 Å². The third-order valence-electron chi connectivity index (χ3n) is 2.47. The molecule has 0 fully saturated rings. The Morgan fingerprint density at radius 3 is 2.62 bits per heavy atom. The lowest BCUT2D eigenvalue weighted by Crippen LogP contribution is -1.99. The van der Waals surface area contributed by atoms with Gasteiger partial charge in [0, 0.05) is 18.4 Å². The van der Waals surface area contributed by atoms with E-state index in [1.54, 1.807) is 6.20 Å². The molecule has 0 aliphatic carbocycles. The van der Waals surface area contributed by atoms with Crippen LogP contribution in [0.25, 0.3) is 0 Å². The third kappa shape index (κ3) is 2.38. The molecule has 0 amide bonds. The Hall–Kier alpha value is -1.87. The molecule has 0 spiro atoms. The fourth-order valence-corrected chi connectivity index (χ4v) is 1.47. The normalized spacial score (nSPS) is 10.1. The molecule has 3 nitrogen and oxygen atoms in total. The van der Waals surface area contributed by atoms with Gasteiger partial charge in [-0.1, -0.05) is 24.3 Å². The maximum absolute atomic E-state index is 5.52. The smallest absolute Gasteiger partial charge is 0.130 e. The average molecular weight is 213 g/mol. The number of para-hydroxylation sites is 1. The number of anilines is 2. The van der Waals surface area contributed by atoms with E-state index in [-0.39, 0.29) is 0 Å². The van der Waals surface area contributed by atoms with Crippen LogP contribution in [0.1, 0.15) is 11.1 Å². The van der Waals surface area contributed by atoms with Crippen LogP contribution < -0.4 is 11.1 Å². The molecule has 2 rings (SSSR count). The molecule has 0 saturated carbocycles. The lowest BCUT2D eigenvalue weighted by molar-refractivity contribution is 1.05. The molecule has 3 heteroatoms. The lowest BCUT2D eigenvalue weighted by Gasteiger charge is -2.08. The van der Waals surface area contributed by atoms with Crippen LogP contribution in [0, 0.1) is 6.92 Å². The summed E-state index contributed by atoms with van der Waals surface area (Å²) in [5.41, 5.74) is 8.83. The van der Waals surface area contributed by atoms with Gasteiger partial charge in [-0.2, -0.15) is 0 Å². The highest BCUT2D eigenvalue weighted by Crippen LogP contribution is 2.18. The SMILES string of the molecule is Cc1ccccc1Nc1ccc(CN)cn1. The molecule has 0 aliphatic heterocycles. The molecule has 3 N–H and O–H groups in total. The Labute approximate surface area is 95.3 Å². The van der Waals surface area contributed by atoms with Gasteiger partial charge in [-0.3, -0.25) is 0 Å². The summed E-state index contributed by atoms with van der Waals surface area (Å²) in [6.07, 6.45) is 1.79. The summed E-state index contributed by atoms with van der Waals surface area (Å²) < 4.78 is 0. The van der Waals surface area contributed by atoms with Crippen LogP contribution in [-0.2, 0) is 6.54 Å². The first kappa shape index (κ1) is 10.6. The summed E-state index contributed by atoms with van der Waals surface area (Å²) in [5.74, 6) is 0.839. The molecule has 0 radical (unpaired) electrons. The zero-order valence-corrected chi connectivity index (χ0v) is 9.27. The summed E-state index contributed by atoms with van der Waals surface area (Å²) in [6.45, 7) is 2.59. The van der Waals surface area contributed by atoms with Crippen LogP contribution in [0.2, 0.25) is 0 Å². The summed E-state index contributed by atoms with van der Waals surface area (Å²) >= 11 is 0. The third-order valence-corrected chi connectivity index (χ3v) is 2.47. The Morgan fingerprint density at radius 2 is 2.00 bits per heavy atom. The van der Waals surface area contributed by atoms with E-state index in [4.69, 9.17) is 5.73 Å². The van der Waals surface area contributed by atoms with Gasteiger partial charge in [0.05, 0.1) is 0 Å². The van der Waals surface area contributed by atoms with Gasteiger partial charge in [0.2, 0.25) is 0 Å². The van der Waals surface area contributed by atoms with Crippen LogP contribution in [-0.4, -0.2) is 4.98 Å². The van der Waals surface area contributed by atoms with Gasteiger partial charge < -0.3 is 11.1 Å². The first-order valence-electron chi connectivity index (χ1n) is 5.27. The number of aromatic nitrogens is 1. The fourth-order valence-electron chi connectivity index (χ4n) is 1.47. The molecule has 0 saturated heterocycles. The number of nitrogens with one attached hydrogen (secondary N) is 1. The van der Waals surface area contributed by atoms with E-state index in [1.165, 1.54) is 5.56 Å². The summed E-state index contributed by atoms with van der Waals surface area (Å²) in [7, 11) is 0. The van der Waals surface area contributed by atoms with Gasteiger partial charge in [-0.15, -0.1) is 0 Å². The molecule has 0 unspecified atom stereocenters. The molecule has 16 heavy (non-hydrogen) atoms. The number of aryl methyl sites for hydroxylation is 1. The Kier molecular flexibility index (Phi) is 3.17. The minimum atomic E-state index is 0.525. The second-order valence-corrected chi connectivity index (χ2v) is 3.70. The number of hydrogen-bond donors (Lipinski definition) is 2. The summed E-state index contributed by atoms with van der Waals surface area (Å²) in [4.78, 5) is 4.29. The zero-order valence-electron chi connectivity index (χ0n) is 9.27. The van der Waals surface area contributed by atoms with Crippen molar-refractivity contribution in [3.8, 4) is 0 Å². The van der Waals surface area contributed by atoms with Crippen molar-refractivity contribution >= 4 is 11.5 Å². The van der Waals surface area contributed by atoms with Gasteiger partial charge in [0.15, 0.2) is 0 Å². The van der Waals surface area contributed by atoms with Crippen LogP contribution in [0.4, 0.5) is 11.5 Å². The zero-order chi connectivity index (χ0) is 11.4. The van der Waals surface area contributed by atoms with Gasteiger partial charge >= 0.3 is 0 Å². The number of nitrogens with two attached hydrogens (primary N) is 1. The Balaban J connectivity index is 2.18. The number of nitrogens with zero attached hydrogens (tertiary/aromatic N) is 1. The standard InChI is InChI=1S/C13H15N3/c1-10-4-2-3-5-12(10)16-13-7-6-11(8-14)9-15-13/h2-7,9H,8,14H2,1H3,(H,15,16). The second kappa shape index (κ2) is 4.77. The molecule has 1 aromatic heterocycles. The number of benzene rings is 1. The van der Waals surface area contributed by atoms with Crippen molar-refractivity contribution in [3.05, 3.63) is 53.7 Å². The highest BCUT2D eigenvalue weighted by Gasteiger charge is 1.98. The molecular formula is C13H15N3. The highest BCUT2D eigenvalue weighted by atomic mass is 15.0. The van der Waals surface area contributed by atoms with Crippen molar-refractivity contribution in [2.75, 3.05) is 5.32 Å². The number of rotatable bonds is 3. The highest BCUT2D eigenvalue weighted by molar-refractivity contribution is 5.59. The monoisotopic (exact) mass is 213 g/mol. The second-order valence-electron chi connectivity index (χ2n) is 3.70. The molecule has 1 heterocycles. The molecule has 1 aromatic carbocycles. The predicted molar refractivity (Wildman–Crippen MR) is 66.6 cm³/mol. The van der Waals surface area contributed by atoms with Crippen LogP contribution in [0.3, 0.4) is 0 Å². The van der Waals surface area contributed by atoms with E-state index in [0.717, 1.165) is 17.1 Å². The summed E-state index contributed by atoms with van der Waals surface area (Å²) in [6, 6.07) is 12.0. The van der Waals surface area contributed by atoms with E-state index in [1.807, 2.05) is 30.3 Å². The van der Waals surface area contributed by atoms with Crippen LogP contribution >= 0.6 is 0 Å². The van der Waals surface area contributed by atoms with E-state index in [2.05, 4.69) is 23.3 Å².